The molecule has 146 valence electrons. The molecule has 1 N–H and O–H groups in total. The van der Waals surface area contributed by atoms with Crippen molar-refractivity contribution in [2.75, 3.05) is 19.5 Å². The number of hydrogen-bond acceptors (Lipinski definition) is 7. The van der Waals surface area contributed by atoms with Crippen LogP contribution in [0.4, 0.5) is 5.82 Å². The number of hydrogen-bond donors (Lipinski definition) is 1. The Morgan fingerprint density at radius 2 is 1.86 bits per heavy atom. The van der Waals surface area contributed by atoms with Gasteiger partial charge < -0.3 is 14.8 Å². The number of nitrogens with zero attached hydrogens (tertiary/aromatic N) is 2. The number of ketones is 1. The Morgan fingerprint density at radius 3 is 2.55 bits per heavy atom. The summed E-state index contributed by atoms with van der Waals surface area (Å²) in [5, 5.41) is 3.60. The molecule has 1 aliphatic carbocycles. The van der Waals surface area contributed by atoms with Crippen molar-refractivity contribution >= 4 is 29.2 Å². The minimum Gasteiger partial charge on any atom is -0.495 e. The molecule has 7 nitrogen and oxygen atoms in total. The molecule has 4 rings (SSSR count). The second kappa shape index (κ2) is 7.52. The molecule has 1 aliphatic rings. The monoisotopic (exact) mass is 409 g/mol. The smallest absolute Gasteiger partial charge is 0.376 e. The van der Waals surface area contributed by atoms with Crippen LogP contribution in [0.5, 0.6) is 5.75 Å². The quantitative estimate of drug-likeness (QED) is 0.502. The summed E-state index contributed by atoms with van der Waals surface area (Å²) in [4.78, 5) is 33.5. The first-order chi connectivity index (χ1) is 14.0. The summed E-state index contributed by atoms with van der Waals surface area (Å²) < 4.78 is 9.92. The maximum absolute atomic E-state index is 12.9. The van der Waals surface area contributed by atoms with Crippen LogP contribution in [-0.4, -0.2) is 35.9 Å². The van der Waals surface area contributed by atoms with Gasteiger partial charge in [0.2, 0.25) is 5.82 Å². The number of anilines is 1. The highest BCUT2D eigenvalue weighted by Crippen LogP contribution is 2.38. The molecule has 0 saturated carbocycles. The zero-order valence-electron chi connectivity index (χ0n) is 15.7. The van der Waals surface area contributed by atoms with E-state index in [2.05, 4.69) is 15.3 Å². The average molecular weight is 410 g/mol. The van der Waals surface area contributed by atoms with Crippen LogP contribution < -0.4 is 10.1 Å². The molecule has 2 aromatic carbocycles. The fourth-order valence-electron chi connectivity index (χ4n) is 3.21. The standard InChI is InChI=1S/C21H16ClN3O4/c1-28-15-8-7-11(9-14(15)22)10-23-19-16-17(24-20(25-19)21(27)29-2)12-5-3-4-6-13(12)18(16)26/h3-9H,10H2,1-2H3,(H,23,24,25). The number of rotatable bonds is 5. The molecule has 1 aromatic heterocycles. The van der Waals surface area contributed by atoms with Crippen molar-refractivity contribution in [1.82, 2.24) is 9.97 Å². The van der Waals surface area contributed by atoms with Gasteiger partial charge >= 0.3 is 5.97 Å². The fourth-order valence-corrected chi connectivity index (χ4v) is 3.49. The van der Waals surface area contributed by atoms with E-state index in [0.29, 0.717) is 39.7 Å². The molecule has 1 heterocycles. The van der Waals surface area contributed by atoms with E-state index in [0.717, 1.165) is 5.56 Å². The molecule has 0 saturated heterocycles. The Labute approximate surface area is 171 Å². The highest BCUT2D eigenvalue weighted by molar-refractivity contribution is 6.32. The van der Waals surface area contributed by atoms with E-state index in [1.54, 1.807) is 37.4 Å². The molecular formula is C21H16ClN3O4. The highest BCUT2D eigenvalue weighted by Gasteiger charge is 2.33. The lowest BCUT2D eigenvalue weighted by atomic mass is 10.1. The van der Waals surface area contributed by atoms with Gasteiger partial charge in [-0.1, -0.05) is 41.9 Å². The predicted molar refractivity (Wildman–Crippen MR) is 108 cm³/mol. The molecule has 3 aromatic rings. The van der Waals surface area contributed by atoms with Crippen LogP contribution in [0.15, 0.2) is 42.5 Å². The minimum absolute atomic E-state index is 0.119. The van der Waals surface area contributed by atoms with Gasteiger partial charge in [0.25, 0.3) is 0 Å². The molecule has 8 heteroatoms. The molecule has 0 fully saturated rings. The lowest BCUT2D eigenvalue weighted by Crippen LogP contribution is -2.14. The molecule has 0 aliphatic heterocycles. The van der Waals surface area contributed by atoms with E-state index >= 15 is 0 Å². The zero-order valence-corrected chi connectivity index (χ0v) is 16.4. The highest BCUT2D eigenvalue weighted by atomic mass is 35.5. The van der Waals surface area contributed by atoms with Crippen LogP contribution in [0.3, 0.4) is 0 Å². The first-order valence-electron chi connectivity index (χ1n) is 8.74. The number of halogens is 1. The van der Waals surface area contributed by atoms with Gasteiger partial charge in [-0.25, -0.2) is 14.8 Å². The van der Waals surface area contributed by atoms with Gasteiger partial charge in [-0.15, -0.1) is 0 Å². The Morgan fingerprint density at radius 1 is 1.10 bits per heavy atom. The Hall–Kier alpha value is -3.45. The third kappa shape index (κ3) is 3.30. The van der Waals surface area contributed by atoms with E-state index in [1.807, 2.05) is 12.1 Å². The topological polar surface area (TPSA) is 90.4 Å². The maximum Gasteiger partial charge on any atom is 0.376 e. The summed E-state index contributed by atoms with van der Waals surface area (Å²) in [7, 11) is 2.80. The zero-order chi connectivity index (χ0) is 20.5. The SMILES string of the molecule is COC(=O)c1nc(NCc2ccc(OC)c(Cl)c2)c2c(n1)-c1ccccc1C2=O. The van der Waals surface area contributed by atoms with Gasteiger partial charge in [-0.3, -0.25) is 4.79 Å². The predicted octanol–water partition coefficient (Wildman–Crippen LogP) is 3.75. The largest absolute Gasteiger partial charge is 0.495 e. The maximum atomic E-state index is 12.9. The Bertz CT molecular complexity index is 1150. The fraction of sp³-hybridized carbons (Fsp3) is 0.143. The van der Waals surface area contributed by atoms with Gasteiger partial charge in [0.15, 0.2) is 5.78 Å². The summed E-state index contributed by atoms with van der Waals surface area (Å²) >= 11 is 6.18. The first kappa shape index (κ1) is 18.9. The molecular weight excluding hydrogens is 394 g/mol. The summed E-state index contributed by atoms with van der Waals surface area (Å²) in [5.41, 5.74) is 2.78. The summed E-state index contributed by atoms with van der Waals surface area (Å²) in [6.45, 7) is 0.331. The molecule has 29 heavy (non-hydrogen) atoms. The van der Waals surface area contributed by atoms with Crippen molar-refractivity contribution in [2.45, 2.75) is 6.54 Å². The van der Waals surface area contributed by atoms with E-state index in [9.17, 15) is 9.59 Å². The Balaban J connectivity index is 1.74. The number of fused-ring (bicyclic) bond motifs is 3. The normalized spacial score (nSPS) is 11.6. The van der Waals surface area contributed by atoms with Gasteiger partial charge in [-0.2, -0.15) is 0 Å². The van der Waals surface area contributed by atoms with Crippen LogP contribution in [0, 0.1) is 0 Å². The lowest BCUT2D eigenvalue weighted by Gasteiger charge is -2.12. The number of aromatic nitrogens is 2. The molecule has 0 spiro atoms. The van der Waals surface area contributed by atoms with Crippen molar-refractivity contribution in [3.63, 3.8) is 0 Å². The summed E-state index contributed by atoms with van der Waals surface area (Å²) in [5.74, 6) is -0.158. The van der Waals surface area contributed by atoms with E-state index in [1.165, 1.54) is 7.11 Å². The number of methoxy groups -OCH3 is 2. The van der Waals surface area contributed by atoms with Gasteiger partial charge in [-0.05, 0) is 17.7 Å². The second-order valence-corrected chi connectivity index (χ2v) is 6.72. The number of esters is 1. The third-order valence-electron chi connectivity index (χ3n) is 4.61. The van der Waals surface area contributed by atoms with Gasteiger partial charge in [0.1, 0.15) is 11.6 Å². The van der Waals surface area contributed by atoms with Crippen LogP contribution in [0.1, 0.15) is 32.1 Å². The van der Waals surface area contributed by atoms with Crippen LogP contribution >= 0.6 is 11.6 Å². The third-order valence-corrected chi connectivity index (χ3v) is 4.90. The van der Waals surface area contributed by atoms with Crippen molar-refractivity contribution in [2.24, 2.45) is 0 Å². The van der Waals surface area contributed by atoms with Crippen molar-refractivity contribution < 1.29 is 19.1 Å². The first-order valence-corrected chi connectivity index (χ1v) is 9.12. The lowest BCUT2D eigenvalue weighted by molar-refractivity contribution is 0.0586. The van der Waals surface area contributed by atoms with Crippen LogP contribution in [0.2, 0.25) is 5.02 Å². The Kier molecular flexibility index (Phi) is 4.90. The summed E-state index contributed by atoms with van der Waals surface area (Å²) in [6.07, 6.45) is 0. The van der Waals surface area contributed by atoms with E-state index < -0.39 is 5.97 Å². The molecule has 0 atom stereocenters. The minimum atomic E-state index is -0.680. The van der Waals surface area contributed by atoms with Gasteiger partial charge in [0.05, 0.1) is 30.5 Å². The molecule has 0 unspecified atom stereocenters. The number of carbonyl (C=O) groups is 2. The van der Waals surface area contributed by atoms with Crippen LogP contribution in [-0.2, 0) is 11.3 Å². The van der Waals surface area contributed by atoms with Crippen LogP contribution in [0.25, 0.3) is 11.3 Å². The number of benzene rings is 2. The van der Waals surface area contributed by atoms with E-state index in [-0.39, 0.29) is 17.4 Å². The number of ether oxygens (including phenoxy) is 2. The number of carbonyl (C=O) groups excluding carboxylic acids is 2. The average Bonchev–Trinajstić information content (AvgIpc) is 3.04. The number of nitrogens with one attached hydrogen (secondary N) is 1. The van der Waals surface area contributed by atoms with Crippen molar-refractivity contribution in [3.05, 3.63) is 70.0 Å². The van der Waals surface area contributed by atoms with E-state index in [4.69, 9.17) is 21.1 Å². The van der Waals surface area contributed by atoms with Crippen molar-refractivity contribution in [3.8, 4) is 17.0 Å². The molecule has 0 amide bonds. The van der Waals surface area contributed by atoms with Gasteiger partial charge in [0, 0.05) is 17.7 Å². The summed E-state index contributed by atoms with van der Waals surface area (Å²) in [6, 6.07) is 12.5. The van der Waals surface area contributed by atoms with Crippen molar-refractivity contribution in [1.29, 1.82) is 0 Å². The molecule has 0 bridgehead atoms. The molecule has 0 radical (unpaired) electrons. The second-order valence-electron chi connectivity index (χ2n) is 6.31.